The number of ketones is 1. The Morgan fingerprint density at radius 1 is 1.26 bits per heavy atom. The van der Waals surface area contributed by atoms with E-state index < -0.39 is 0 Å². The van der Waals surface area contributed by atoms with E-state index in [1.807, 2.05) is 0 Å². The molecule has 0 radical (unpaired) electrons. The molecule has 1 heterocycles. The lowest BCUT2D eigenvalue weighted by Gasteiger charge is -2.38. The first-order valence-electron chi connectivity index (χ1n) is 7.99. The van der Waals surface area contributed by atoms with Gasteiger partial charge in [-0.2, -0.15) is 11.8 Å². The summed E-state index contributed by atoms with van der Waals surface area (Å²) in [6.07, 6.45) is 5.71. The van der Waals surface area contributed by atoms with E-state index >= 15 is 0 Å². The first-order valence-corrected chi connectivity index (χ1v) is 8.93. The lowest BCUT2D eigenvalue weighted by atomic mass is 9.78. The molecule has 1 saturated carbocycles. The van der Waals surface area contributed by atoms with Crippen molar-refractivity contribution < 1.29 is 4.79 Å². The Balaban J connectivity index is 1.87. The molecule has 19 heavy (non-hydrogen) atoms. The van der Waals surface area contributed by atoms with Gasteiger partial charge in [0, 0.05) is 42.5 Å². The van der Waals surface area contributed by atoms with E-state index in [0.717, 1.165) is 44.8 Å². The van der Waals surface area contributed by atoms with Crippen molar-refractivity contribution in [3.8, 4) is 0 Å². The van der Waals surface area contributed by atoms with Crippen LogP contribution in [0.3, 0.4) is 0 Å². The molecule has 0 N–H and O–H groups in total. The van der Waals surface area contributed by atoms with Crippen molar-refractivity contribution in [3.05, 3.63) is 0 Å². The van der Waals surface area contributed by atoms with Crippen molar-refractivity contribution in [2.45, 2.75) is 63.4 Å². The van der Waals surface area contributed by atoms with Crippen LogP contribution in [0.25, 0.3) is 0 Å². The molecule has 0 aromatic heterocycles. The molecular formula is C16H29NOS. The fourth-order valence-electron chi connectivity index (χ4n) is 3.79. The maximum absolute atomic E-state index is 12.1. The van der Waals surface area contributed by atoms with Gasteiger partial charge >= 0.3 is 0 Å². The summed E-state index contributed by atoms with van der Waals surface area (Å²) < 4.78 is 0. The first kappa shape index (κ1) is 15.4. The second kappa shape index (κ2) is 7.12. The van der Waals surface area contributed by atoms with Gasteiger partial charge in [-0.05, 0) is 18.8 Å². The number of hydrogen-bond donors (Lipinski definition) is 0. The molecular weight excluding hydrogens is 254 g/mol. The minimum absolute atomic E-state index is 0.327. The number of Topliss-reactive ketones (excluding diaryl/α,β-unsaturated/α-hetero) is 1. The molecule has 1 aliphatic heterocycles. The van der Waals surface area contributed by atoms with Crippen molar-refractivity contribution in [2.24, 2.45) is 11.8 Å². The zero-order chi connectivity index (χ0) is 13.8. The van der Waals surface area contributed by atoms with Crippen molar-refractivity contribution >= 4 is 17.5 Å². The van der Waals surface area contributed by atoms with Gasteiger partial charge in [0.05, 0.1) is 0 Å². The summed E-state index contributed by atoms with van der Waals surface area (Å²) in [5, 5.41) is 1.43. The Hall–Kier alpha value is -0.0200. The Morgan fingerprint density at radius 2 is 1.95 bits per heavy atom. The van der Waals surface area contributed by atoms with Crippen LogP contribution >= 0.6 is 11.8 Å². The number of rotatable bonds is 4. The summed E-state index contributed by atoms with van der Waals surface area (Å²) >= 11 is 2.09. The third-order valence-electron chi connectivity index (χ3n) is 4.54. The van der Waals surface area contributed by atoms with Crippen LogP contribution in [0, 0.1) is 11.8 Å². The number of hydrogen-bond acceptors (Lipinski definition) is 3. The van der Waals surface area contributed by atoms with Gasteiger partial charge in [0.2, 0.25) is 0 Å². The number of nitrogens with zero attached hydrogens (tertiary/aromatic N) is 1. The van der Waals surface area contributed by atoms with E-state index in [1.54, 1.807) is 0 Å². The molecule has 0 spiro atoms. The first-order chi connectivity index (χ1) is 9.08. The topological polar surface area (TPSA) is 20.3 Å². The Morgan fingerprint density at radius 3 is 2.58 bits per heavy atom. The van der Waals surface area contributed by atoms with Crippen molar-refractivity contribution in [1.82, 2.24) is 4.90 Å². The van der Waals surface area contributed by atoms with Crippen LogP contribution in [0.2, 0.25) is 0 Å². The highest BCUT2D eigenvalue weighted by atomic mass is 32.2. The van der Waals surface area contributed by atoms with Crippen LogP contribution in [0.15, 0.2) is 0 Å². The minimum Gasteiger partial charge on any atom is -0.300 e. The van der Waals surface area contributed by atoms with Gasteiger partial charge < -0.3 is 4.90 Å². The fraction of sp³-hybridized carbons (Fsp3) is 0.938. The lowest BCUT2D eigenvalue weighted by Crippen LogP contribution is -2.45. The lowest BCUT2D eigenvalue weighted by molar-refractivity contribution is -0.126. The molecule has 0 amide bonds. The number of thioether (sulfide) groups is 1. The van der Waals surface area contributed by atoms with E-state index in [0.29, 0.717) is 22.2 Å². The molecule has 4 unspecified atom stereocenters. The van der Waals surface area contributed by atoms with Crippen LogP contribution < -0.4 is 0 Å². The standard InChI is InChI=1S/C16H29NOS/c1-4-5-14-6-7-16(18)15(8-14)11-17-9-12(2)19-13(3)10-17/h12-15H,4-11H2,1-3H3. The summed E-state index contributed by atoms with van der Waals surface area (Å²) in [5.74, 6) is 1.67. The molecule has 2 aliphatic rings. The Bertz CT molecular complexity index is 297. The van der Waals surface area contributed by atoms with E-state index in [-0.39, 0.29) is 0 Å². The zero-order valence-corrected chi connectivity index (χ0v) is 13.5. The zero-order valence-electron chi connectivity index (χ0n) is 12.7. The second-order valence-electron chi connectivity index (χ2n) is 6.57. The maximum atomic E-state index is 12.1. The van der Waals surface area contributed by atoms with E-state index in [1.165, 1.54) is 12.8 Å². The monoisotopic (exact) mass is 283 g/mol. The molecule has 3 heteroatoms. The molecule has 0 bridgehead atoms. The molecule has 110 valence electrons. The predicted molar refractivity (Wildman–Crippen MR) is 83.7 cm³/mol. The number of carbonyl (C=O) groups excluding carboxylic acids is 1. The van der Waals surface area contributed by atoms with Crippen LogP contribution in [-0.2, 0) is 4.79 Å². The van der Waals surface area contributed by atoms with Crippen LogP contribution in [0.1, 0.15) is 52.9 Å². The van der Waals surface area contributed by atoms with Crippen LogP contribution in [-0.4, -0.2) is 40.8 Å². The van der Waals surface area contributed by atoms with Crippen molar-refractivity contribution in [2.75, 3.05) is 19.6 Å². The minimum atomic E-state index is 0.327. The summed E-state index contributed by atoms with van der Waals surface area (Å²) in [6.45, 7) is 10.2. The second-order valence-corrected chi connectivity index (χ2v) is 8.45. The predicted octanol–water partition coefficient (Wildman–Crippen LogP) is 3.60. The molecule has 2 rings (SSSR count). The summed E-state index contributed by atoms with van der Waals surface area (Å²) in [6, 6.07) is 0. The Labute approximate surface area is 122 Å². The molecule has 1 saturated heterocycles. The molecule has 0 aromatic carbocycles. The van der Waals surface area contributed by atoms with E-state index in [2.05, 4.69) is 37.4 Å². The summed E-state index contributed by atoms with van der Waals surface area (Å²) in [7, 11) is 0. The van der Waals surface area contributed by atoms with Crippen LogP contribution in [0.4, 0.5) is 0 Å². The smallest absolute Gasteiger partial charge is 0.137 e. The fourth-order valence-corrected chi connectivity index (χ4v) is 5.18. The summed E-state index contributed by atoms with van der Waals surface area (Å²) in [4.78, 5) is 14.7. The molecule has 2 fully saturated rings. The highest BCUT2D eigenvalue weighted by molar-refractivity contribution is 8.00. The normalized spacial score (nSPS) is 37.5. The third kappa shape index (κ3) is 4.49. The maximum Gasteiger partial charge on any atom is 0.137 e. The van der Waals surface area contributed by atoms with Gasteiger partial charge in [-0.15, -0.1) is 0 Å². The van der Waals surface area contributed by atoms with Gasteiger partial charge in [-0.1, -0.05) is 33.6 Å². The summed E-state index contributed by atoms with van der Waals surface area (Å²) in [5.41, 5.74) is 0. The number of carbonyl (C=O) groups is 1. The van der Waals surface area contributed by atoms with Gasteiger partial charge in [-0.25, -0.2) is 0 Å². The van der Waals surface area contributed by atoms with Crippen LogP contribution in [0.5, 0.6) is 0 Å². The van der Waals surface area contributed by atoms with E-state index in [4.69, 9.17) is 0 Å². The van der Waals surface area contributed by atoms with Gasteiger partial charge in [0.25, 0.3) is 0 Å². The largest absolute Gasteiger partial charge is 0.300 e. The third-order valence-corrected chi connectivity index (χ3v) is 5.77. The molecule has 1 aliphatic carbocycles. The highest BCUT2D eigenvalue weighted by Crippen LogP contribution is 2.32. The molecule has 2 nitrogen and oxygen atoms in total. The van der Waals surface area contributed by atoms with Gasteiger partial charge in [0.15, 0.2) is 0 Å². The SMILES string of the molecule is CCCC1CCC(=O)C(CN2CC(C)SC(C)C2)C1. The van der Waals surface area contributed by atoms with Crippen molar-refractivity contribution in [1.29, 1.82) is 0 Å². The molecule has 4 atom stereocenters. The Kier molecular flexibility index (Phi) is 5.76. The average molecular weight is 283 g/mol. The highest BCUT2D eigenvalue weighted by Gasteiger charge is 2.31. The van der Waals surface area contributed by atoms with E-state index in [9.17, 15) is 4.79 Å². The van der Waals surface area contributed by atoms with Crippen molar-refractivity contribution in [3.63, 3.8) is 0 Å². The quantitative estimate of drug-likeness (QED) is 0.786. The average Bonchev–Trinajstić information content (AvgIpc) is 2.32. The van der Waals surface area contributed by atoms with Gasteiger partial charge in [-0.3, -0.25) is 4.79 Å². The molecule has 0 aromatic rings. The van der Waals surface area contributed by atoms with Gasteiger partial charge in [0.1, 0.15) is 5.78 Å².